The molecule has 1 fully saturated rings. The van der Waals surface area contributed by atoms with Crippen LogP contribution in [-0.4, -0.2) is 23.5 Å². The molecule has 0 saturated carbocycles. The second kappa shape index (κ2) is 6.02. The van der Waals surface area contributed by atoms with Crippen LogP contribution in [0, 0.1) is 5.92 Å². The molecule has 3 rings (SSSR count). The second-order valence-electron chi connectivity index (χ2n) is 5.46. The van der Waals surface area contributed by atoms with Crippen molar-refractivity contribution in [3.05, 3.63) is 65.7 Å². The fraction of sp³-hybridized carbons (Fsp3) is 0.222. The molecule has 22 heavy (non-hydrogen) atoms. The van der Waals surface area contributed by atoms with Crippen molar-refractivity contribution in [3.63, 3.8) is 0 Å². The first kappa shape index (κ1) is 14.3. The van der Waals surface area contributed by atoms with Crippen LogP contribution in [0.2, 0.25) is 0 Å². The molecule has 0 bridgehead atoms. The number of hydrogen-bond acceptors (Lipinski definition) is 2. The molecule has 1 heterocycles. The van der Waals surface area contributed by atoms with Crippen LogP contribution in [0.4, 0.5) is 5.69 Å². The van der Waals surface area contributed by atoms with Gasteiger partial charge >= 0.3 is 5.97 Å². The summed E-state index contributed by atoms with van der Waals surface area (Å²) in [5.41, 5.74) is 3.02. The monoisotopic (exact) mass is 295 g/mol. The maximum Gasteiger partial charge on any atom is 0.316 e. The Morgan fingerprint density at radius 1 is 1.09 bits per heavy atom. The lowest BCUT2D eigenvalue weighted by molar-refractivity contribution is -0.144. The Balaban J connectivity index is 1.89. The van der Waals surface area contributed by atoms with Crippen LogP contribution < -0.4 is 4.90 Å². The molecule has 1 aliphatic rings. The Labute approximate surface area is 129 Å². The number of hydrogen-bond donors (Lipinski definition) is 1. The first-order valence-electron chi connectivity index (χ1n) is 7.33. The van der Waals surface area contributed by atoms with Crippen molar-refractivity contribution in [2.24, 2.45) is 5.92 Å². The largest absolute Gasteiger partial charge is 0.481 e. The highest BCUT2D eigenvalue weighted by Gasteiger charge is 2.38. The number of carbonyl (C=O) groups is 2. The van der Waals surface area contributed by atoms with Crippen LogP contribution >= 0.6 is 0 Å². The minimum absolute atomic E-state index is 0.312. The number of benzene rings is 2. The van der Waals surface area contributed by atoms with Gasteiger partial charge in [-0.3, -0.25) is 9.59 Å². The highest BCUT2D eigenvalue weighted by Crippen LogP contribution is 2.29. The van der Waals surface area contributed by atoms with E-state index in [1.54, 1.807) is 4.90 Å². The third-order valence-corrected chi connectivity index (χ3v) is 4.02. The van der Waals surface area contributed by atoms with Crippen molar-refractivity contribution >= 4 is 17.6 Å². The average molecular weight is 295 g/mol. The third kappa shape index (κ3) is 2.72. The van der Waals surface area contributed by atoms with Gasteiger partial charge in [0.15, 0.2) is 0 Å². The minimum Gasteiger partial charge on any atom is -0.481 e. The van der Waals surface area contributed by atoms with Gasteiger partial charge < -0.3 is 10.0 Å². The van der Waals surface area contributed by atoms with Crippen molar-refractivity contribution < 1.29 is 14.7 Å². The standard InChI is InChI=1S/C18H17NO3/c20-17-15(18(21)22)10-11-19(17)16-9-5-4-8-14(16)12-13-6-2-1-3-7-13/h1-9,15H,10-12H2,(H,21,22). The fourth-order valence-electron chi connectivity index (χ4n) is 2.89. The lowest BCUT2D eigenvalue weighted by Gasteiger charge is -2.20. The van der Waals surface area contributed by atoms with Gasteiger partial charge in [0.05, 0.1) is 0 Å². The molecule has 4 heteroatoms. The zero-order valence-corrected chi connectivity index (χ0v) is 12.1. The van der Waals surface area contributed by atoms with Crippen LogP contribution in [-0.2, 0) is 16.0 Å². The van der Waals surface area contributed by atoms with Gasteiger partial charge in [0.2, 0.25) is 5.91 Å². The molecule has 1 aliphatic heterocycles. The molecule has 4 nitrogen and oxygen atoms in total. The van der Waals surface area contributed by atoms with E-state index in [1.165, 1.54) is 0 Å². The summed E-state index contributed by atoms with van der Waals surface area (Å²) >= 11 is 0. The summed E-state index contributed by atoms with van der Waals surface area (Å²) in [6.07, 6.45) is 1.09. The number of carboxylic acids is 1. The summed E-state index contributed by atoms with van der Waals surface area (Å²) in [6.45, 7) is 0.460. The summed E-state index contributed by atoms with van der Waals surface area (Å²) in [4.78, 5) is 25.0. The molecule has 1 N–H and O–H groups in total. The zero-order chi connectivity index (χ0) is 15.5. The lowest BCUT2D eigenvalue weighted by Crippen LogP contribution is -2.30. The zero-order valence-electron chi connectivity index (χ0n) is 12.1. The lowest BCUT2D eigenvalue weighted by atomic mass is 10.0. The molecule has 1 amide bonds. The van der Waals surface area contributed by atoms with Crippen molar-refractivity contribution in [1.29, 1.82) is 0 Å². The molecule has 1 unspecified atom stereocenters. The maximum absolute atomic E-state index is 12.3. The van der Waals surface area contributed by atoms with Crippen LogP contribution in [0.5, 0.6) is 0 Å². The van der Waals surface area contributed by atoms with E-state index < -0.39 is 11.9 Å². The summed E-state index contributed by atoms with van der Waals surface area (Å²) in [5.74, 6) is -2.26. The SMILES string of the molecule is O=C(O)C1CCN(c2ccccc2Cc2ccccc2)C1=O. The Bertz CT molecular complexity index is 696. The van der Waals surface area contributed by atoms with E-state index in [9.17, 15) is 9.59 Å². The van der Waals surface area contributed by atoms with E-state index >= 15 is 0 Å². The molecule has 112 valence electrons. The van der Waals surface area contributed by atoms with E-state index in [2.05, 4.69) is 0 Å². The summed E-state index contributed by atoms with van der Waals surface area (Å²) < 4.78 is 0. The number of carboxylic acid groups (broad SMARTS) is 1. The van der Waals surface area contributed by atoms with Crippen LogP contribution in [0.25, 0.3) is 0 Å². The number of carbonyl (C=O) groups excluding carboxylic acids is 1. The maximum atomic E-state index is 12.3. The Morgan fingerprint density at radius 2 is 1.77 bits per heavy atom. The van der Waals surface area contributed by atoms with Gasteiger partial charge in [0.25, 0.3) is 0 Å². The number of para-hydroxylation sites is 1. The fourth-order valence-corrected chi connectivity index (χ4v) is 2.89. The van der Waals surface area contributed by atoms with Gasteiger partial charge in [-0.1, -0.05) is 48.5 Å². The summed E-state index contributed by atoms with van der Waals surface area (Å²) in [5, 5.41) is 9.11. The van der Waals surface area contributed by atoms with E-state index in [4.69, 9.17) is 5.11 Å². The van der Waals surface area contributed by atoms with E-state index in [0.29, 0.717) is 13.0 Å². The smallest absolute Gasteiger partial charge is 0.316 e. The molecule has 0 aliphatic carbocycles. The van der Waals surface area contributed by atoms with Crippen molar-refractivity contribution in [3.8, 4) is 0 Å². The van der Waals surface area contributed by atoms with Crippen LogP contribution in [0.3, 0.4) is 0 Å². The van der Waals surface area contributed by atoms with Gasteiger partial charge in [0.1, 0.15) is 5.92 Å². The average Bonchev–Trinajstić information content (AvgIpc) is 2.91. The number of amides is 1. The Morgan fingerprint density at radius 3 is 2.45 bits per heavy atom. The third-order valence-electron chi connectivity index (χ3n) is 4.02. The van der Waals surface area contributed by atoms with Gasteiger partial charge in [-0.2, -0.15) is 0 Å². The normalized spacial score (nSPS) is 17.7. The molecule has 2 aromatic rings. The number of aliphatic carboxylic acids is 1. The first-order chi connectivity index (χ1) is 10.7. The molecule has 0 spiro atoms. The summed E-state index contributed by atoms with van der Waals surface area (Å²) in [7, 11) is 0. The van der Waals surface area contributed by atoms with Crippen LogP contribution in [0.15, 0.2) is 54.6 Å². The molecule has 0 radical (unpaired) electrons. The molecule has 0 aromatic heterocycles. The molecule has 1 atom stereocenters. The number of rotatable bonds is 4. The number of nitrogens with zero attached hydrogens (tertiary/aromatic N) is 1. The topological polar surface area (TPSA) is 57.6 Å². The number of anilines is 1. The van der Waals surface area contributed by atoms with E-state index in [1.807, 2.05) is 54.6 Å². The molecular formula is C18H17NO3. The van der Waals surface area contributed by atoms with Crippen LogP contribution in [0.1, 0.15) is 17.5 Å². The highest BCUT2D eigenvalue weighted by molar-refractivity contribution is 6.08. The summed E-state index contributed by atoms with van der Waals surface area (Å²) in [6, 6.07) is 17.7. The molecular weight excluding hydrogens is 278 g/mol. The highest BCUT2D eigenvalue weighted by atomic mass is 16.4. The van der Waals surface area contributed by atoms with Crippen molar-refractivity contribution in [2.75, 3.05) is 11.4 Å². The molecule has 2 aromatic carbocycles. The predicted molar refractivity (Wildman–Crippen MR) is 83.8 cm³/mol. The quantitative estimate of drug-likeness (QED) is 0.882. The van der Waals surface area contributed by atoms with Gasteiger partial charge in [-0.25, -0.2) is 0 Å². The second-order valence-corrected chi connectivity index (χ2v) is 5.46. The van der Waals surface area contributed by atoms with Gasteiger partial charge in [-0.15, -0.1) is 0 Å². The van der Waals surface area contributed by atoms with Crippen molar-refractivity contribution in [1.82, 2.24) is 0 Å². The minimum atomic E-state index is -1.03. The molecule has 1 saturated heterocycles. The first-order valence-corrected chi connectivity index (χ1v) is 7.33. The van der Waals surface area contributed by atoms with Gasteiger partial charge in [-0.05, 0) is 30.0 Å². The van der Waals surface area contributed by atoms with Crippen molar-refractivity contribution in [2.45, 2.75) is 12.8 Å². The Kier molecular flexibility index (Phi) is 3.92. The van der Waals surface area contributed by atoms with E-state index in [-0.39, 0.29) is 5.91 Å². The predicted octanol–water partition coefficient (Wildman–Crippen LogP) is 2.71. The Hall–Kier alpha value is -2.62. The van der Waals surface area contributed by atoms with E-state index in [0.717, 1.165) is 23.2 Å². The van der Waals surface area contributed by atoms with Gasteiger partial charge in [0, 0.05) is 12.2 Å².